The van der Waals surface area contributed by atoms with Gasteiger partial charge in [-0.05, 0) is 25.0 Å². The lowest BCUT2D eigenvalue weighted by Crippen LogP contribution is -2.12. The normalized spacial score (nSPS) is 11.6. The summed E-state index contributed by atoms with van der Waals surface area (Å²) >= 11 is 0. The van der Waals surface area contributed by atoms with Gasteiger partial charge in [0.25, 0.3) is 0 Å². The maximum Gasteiger partial charge on any atom is 0.163 e. The van der Waals surface area contributed by atoms with Gasteiger partial charge in [0, 0.05) is 49.8 Å². The van der Waals surface area contributed by atoms with Crippen LogP contribution in [0.1, 0.15) is 32.1 Å². The van der Waals surface area contributed by atoms with Crippen LogP contribution in [0.3, 0.4) is 0 Å². The second kappa shape index (κ2) is 15.2. The van der Waals surface area contributed by atoms with Crippen LogP contribution in [-0.2, 0) is 30.3 Å². The summed E-state index contributed by atoms with van der Waals surface area (Å²) in [6.07, 6.45) is 8.64. The molecule has 39 heavy (non-hydrogen) atoms. The van der Waals surface area contributed by atoms with E-state index in [4.69, 9.17) is 29.8 Å². The summed E-state index contributed by atoms with van der Waals surface area (Å²) in [6, 6.07) is 4.00. The first-order valence-corrected chi connectivity index (χ1v) is 13.3. The zero-order chi connectivity index (χ0) is 27.3. The number of aromatic nitrogens is 6. The van der Waals surface area contributed by atoms with Crippen molar-refractivity contribution < 1.29 is 23.7 Å². The van der Waals surface area contributed by atoms with Crippen LogP contribution in [0, 0.1) is 0 Å². The molecule has 0 atom stereocenters. The molecule has 0 unspecified atom stereocenters. The number of pyridine rings is 1. The highest BCUT2D eigenvalue weighted by Crippen LogP contribution is 2.31. The molecular weight excluding hydrogens is 502 g/mol. The van der Waals surface area contributed by atoms with Gasteiger partial charge >= 0.3 is 0 Å². The topological polar surface area (TPSA) is 152 Å². The van der Waals surface area contributed by atoms with Crippen LogP contribution >= 0.6 is 0 Å². The van der Waals surface area contributed by atoms with E-state index in [2.05, 4.69) is 19.9 Å². The van der Waals surface area contributed by atoms with Crippen molar-refractivity contribution in [3.8, 4) is 11.3 Å². The monoisotopic (exact) mass is 539 g/mol. The number of unbranched alkanes of at least 4 members (excludes halogenated alkanes) is 2. The van der Waals surface area contributed by atoms with Crippen molar-refractivity contribution in [2.24, 2.45) is 0 Å². The number of nitrogens with one attached hydrogen (secondary N) is 1. The summed E-state index contributed by atoms with van der Waals surface area (Å²) in [4.78, 5) is 28.4. The largest absolute Gasteiger partial charge is 0.383 e. The number of carbonyl (C=O) groups excluding carboxylic acids is 1. The van der Waals surface area contributed by atoms with Crippen molar-refractivity contribution in [3.05, 3.63) is 30.9 Å². The molecule has 0 saturated heterocycles. The minimum absolute atomic E-state index is 0.211. The third-order valence-electron chi connectivity index (χ3n) is 6.26. The minimum Gasteiger partial charge on any atom is -0.383 e. The number of hydrogen-bond donors (Lipinski definition) is 2. The Balaban J connectivity index is 1.15. The van der Waals surface area contributed by atoms with Crippen LogP contribution in [0.25, 0.3) is 33.3 Å². The molecule has 0 fully saturated rings. The molecule has 4 rings (SSSR count). The Labute approximate surface area is 227 Å². The third kappa shape index (κ3) is 8.27. The number of nitrogens with two attached hydrogens (primary N) is 1. The van der Waals surface area contributed by atoms with Crippen LogP contribution in [-0.4, -0.2) is 88.9 Å². The first-order valence-electron chi connectivity index (χ1n) is 13.3. The average molecular weight is 540 g/mol. The highest BCUT2D eigenvalue weighted by molar-refractivity contribution is 5.99. The van der Waals surface area contributed by atoms with E-state index in [1.807, 2.05) is 23.0 Å². The number of fused-ring (bicyclic) bond motifs is 2. The van der Waals surface area contributed by atoms with Gasteiger partial charge in [-0.1, -0.05) is 6.42 Å². The molecule has 0 saturated carbocycles. The van der Waals surface area contributed by atoms with E-state index in [0.29, 0.717) is 77.1 Å². The van der Waals surface area contributed by atoms with Crippen LogP contribution in [0.2, 0.25) is 0 Å². The molecule has 0 bridgehead atoms. The van der Waals surface area contributed by atoms with Gasteiger partial charge in [0.1, 0.15) is 29.3 Å². The van der Waals surface area contributed by atoms with Crippen molar-refractivity contribution in [3.63, 3.8) is 0 Å². The molecule has 4 aromatic heterocycles. The summed E-state index contributed by atoms with van der Waals surface area (Å²) < 4.78 is 23.0. The number of nitrogens with zero attached hydrogens (tertiary/aromatic N) is 5. The fourth-order valence-corrected chi connectivity index (χ4v) is 4.21. The number of aromatic amines is 1. The van der Waals surface area contributed by atoms with E-state index in [1.54, 1.807) is 13.3 Å². The molecule has 0 aliphatic carbocycles. The minimum atomic E-state index is 0.211. The highest BCUT2D eigenvalue weighted by atomic mass is 16.6. The summed E-state index contributed by atoms with van der Waals surface area (Å²) in [5.74, 6) is 0.601. The molecule has 0 radical (unpaired) electrons. The lowest BCUT2D eigenvalue weighted by molar-refractivity contribution is -0.120. The van der Waals surface area contributed by atoms with Crippen molar-refractivity contribution >= 4 is 33.7 Å². The number of anilines is 1. The first-order chi connectivity index (χ1) is 19.2. The summed E-state index contributed by atoms with van der Waals surface area (Å²) in [5.41, 5.74) is 9.31. The second-order valence-corrected chi connectivity index (χ2v) is 9.10. The lowest BCUT2D eigenvalue weighted by atomic mass is 10.1. The number of aryl methyl sites for hydroxylation is 1. The fourth-order valence-electron chi connectivity index (χ4n) is 4.21. The predicted molar refractivity (Wildman–Crippen MR) is 147 cm³/mol. The Morgan fingerprint density at radius 3 is 2.51 bits per heavy atom. The van der Waals surface area contributed by atoms with E-state index in [0.717, 1.165) is 46.9 Å². The van der Waals surface area contributed by atoms with E-state index in [-0.39, 0.29) is 5.78 Å². The van der Waals surface area contributed by atoms with Gasteiger partial charge in [0.2, 0.25) is 0 Å². The van der Waals surface area contributed by atoms with E-state index in [9.17, 15) is 4.79 Å². The Kier molecular flexibility index (Phi) is 11.1. The predicted octanol–water partition coefficient (Wildman–Crippen LogP) is 3.17. The molecule has 210 valence electrons. The number of ether oxygens (including phenoxy) is 4. The molecule has 0 aliphatic heterocycles. The van der Waals surface area contributed by atoms with E-state index < -0.39 is 0 Å². The van der Waals surface area contributed by atoms with Gasteiger partial charge in [0.05, 0.1) is 51.6 Å². The molecule has 12 nitrogen and oxygen atoms in total. The Morgan fingerprint density at radius 2 is 1.72 bits per heavy atom. The van der Waals surface area contributed by atoms with Crippen molar-refractivity contribution in [2.75, 3.05) is 59.1 Å². The second-order valence-electron chi connectivity index (χ2n) is 9.10. The van der Waals surface area contributed by atoms with Gasteiger partial charge in [-0.15, -0.1) is 0 Å². The summed E-state index contributed by atoms with van der Waals surface area (Å²) in [6.45, 7) is 4.23. The maximum atomic E-state index is 12.2. The van der Waals surface area contributed by atoms with Crippen LogP contribution < -0.4 is 5.73 Å². The standard InChI is InChI=1S/C27H37N7O5/c1-36-11-12-38-15-16-39-14-13-37-10-7-22(35)5-3-2-4-9-34-27-23(25(28)31-19-32-27)24(33-34)21-17-20-6-8-29-26(20)30-18-21/h6,8,17-19H,2-5,7,9-16H2,1H3,(H,29,30)(H2,28,31,32). The molecule has 0 amide bonds. The number of H-pyrrole nitrogens is 1. The van der Waals surface area contributed by atoms with Gasteiger partial charge in [-0.25, -0.2) is 19.6 Å². The molecule has 12 heteroatoms. The third-order valence-corrected chi connectivity index (χ3v) is 6.26. The highest BCUT2D eigenvalue weighted by Gasteiger charge is 2.17. The average Bonchev–Trinajstić information content (AvgIpc) is 3.56. The van der Waals surface area contributed by atoms with Crippen molar-refractivity contribution in [1.29, 1.82) is 0 Å². The summed E-state index contributed by atoms with van der Waals surface area (Å²) in [7, 11) is 1.64. The summed E-state index contributed by atoms with van der Waals surface area (Å²) in [5, 5.41) is 6.54. The Hall–Kier alpha value is -3.45. The van der Waals surface area contributed by atoms with Gasteiger partial charge in [0.15, 0.2) is 5.65 Å². The molecule has 0 aliphatic rings. The molecule has 4 heterocycles. The maximum absolute atomic E-state index is 12.2. The van der Waals surface area contributed by atoms with Gasteiger partial charge in [-0.3, -0.25) is 4.79 Å². The number of carbonyl (C=O) groups is 1. The zero-order valence-electron chi connectivity index (χ0n) is 22.4. The SMILES string of the molecule is COCCOCCOCCOCCC(=O)CCCCCn1nc(-c2cnc3[nH]ccc3c2)c2c(N)ncnc21. The van der Waals surface area contributed by atoms with Crippen molar-refractivity contribution in [1.82, 2.24) is 29.7 Å². The number of methoxy groups -OCH3 is 1. The quantitative estimate of drug-likeness (QED) is 0.170. The smallest absolute Gasteiger partial charge is 0.163 e. The van der Waals surface area contributed by atoms with Gasteiger partial charge in [-0.2, -0.15) is 5.10 Å². The van der Waals surface area contributed by atoms with E-state index in [1.165, 1.54) is 6.33 Å². The van der Waals surface area contributed by atoms with E-state index >= 15 is 0 Å². The van der Waals surface area contributed by atoms with Crippen LogP contribution in [0.4, 0.5) is 5.82 Å². The Morgan fingerprint density at radius 1 is 0.949 bits per heavy atom. The first kappa shape index (κ1) is 28.6. The molecule has 4 aromatic rings. The molecule has 0 aromatic carbocycles. The van der Waals surface area contributed by atoms with Gasteiger partial charge < -0.3 is 29.7 Å². The van der Waals surface area contributed by atoms with Crippen LogP contribution in [0.5, 0.6) is 0 Å². The zero-order valence-corrected chi connectivity index (χ0v) is 22.4. The van der Waals surface area contributed by atoms with Crippen molar-refractivity contribution in [2.45, 2.75) is 38.6 Å². The number of nitrogen functional groups attached to an aromatic ring is 1. The lowest BCUT2D eigenvalue weighted by Gasteiger charge is -2.07. The Bertz CT molecular complexity index is 1320. The number of hydrogen-bond acceptors (Lipinski definition) is 10. The molecule has 3 N–H and O–H groups in total. The number of rotatable bonds is 19. The number of Topliss-reactive ketones (excluding diaryl/α,β-unsaturated/α-hetero) is 1. The molecular formula is C27H37N7O5. The van der Waals surface area contributed by atoms with Crippen LogP contribution in [0.15, 0.2) is 30.9 Å². The number of ketones is 1. The molecule has 0 spiro atoms. The fraction of sp³-hybridized carbons (Fsp3) is 0.519.